The number of nitrogens with one attached hydrogen (secondary N) is 1. The van der Waals surface area contributed by atoms with Crippen molar-refractivity contribution in [3.8, 4) is 0 Å². The highest BCUT2D eigenvalue weighted by molar-refractivity contribution is 6.30. The number of rotatable bonds is 4. The van der Waals surface area contributed by atoms with Gasteiger partial charge in [-0.15, -0.1) is 6.58 Å². The number of halogens is 1. The van der Waals surface area contributed by atoms with E-state index >= 15 is 0 Å². The quantitative estimate of drug-likeness (QED) is 0.769. The van der Waals surface area contributed by atoms with Crippen molar-refractivity contribution in [2.45, 2.75) is 24.8 Å². The summed E-state index contributed by atoms with van der Waals surface area (Å²) in [6.45, 7) is 4.62. The molecule has 0 radical (unpaired) electrons. The first-order chi connectivity index (χ1) is 7.29. The minimum Gasteiger partial charge on any atom is -0.310 e. The monoisotopic (exact) mass is 221 g/mol. The third-order valence-electron chi connectivity index (χ3n) is 3.03. The molecule has 0 amide bonds. The van der Waals surface area contributed by atoms with E-state index in [1.165, 1.54) is 18.4 Å². The molecular formula is C13H16ClN. The van der Waals surface area contributed by atoms with E-state index in [0.717, 1.165) is 11.6 Å². The second-order valence-corrected chi connectivity index (χ2v) is 4.55. The smallest absolute Gasteiger partial charge is 0.0406 e. The van der Waals surface area contributed by atoms with Crippen LogP contribution in [-0.4, -0.2) is 12.6 Å². The highest BCUT2D eigenvalue weighted by Crippen LogP contribution is 2.37. The molecule has 0 aromatic heterocycles. The standard InChI is InChI=1S/C13H16ClN/c1-2-7-15-13-8-11(9-13)10-3-5-12(14)6-4-10/h2-6,11,13,15H,1,7-9H2. The molecule has 0 saturated heterocycles. The zero-order valence-electron chi connectivity index (χ0n) is 8.75. The van der Waals surface area contributed by atoms with Crippen molar-refractivity contribution in [1.82, 2.24) is 5.32 Å². The van der Waals surface area contributed by atoms with E-state index in [9.17, 15) is 0 Å². The van der Waals surface area contributed by atoms with Crippen LogP contribution in [0.4, 0.5) is 0 Å². The van der Waals surface area contributed by atoms with Crippen molar-refractivity contribution in [3.05, 3.63) is 47.5 Å². The molecule has 1 aliphatic rings. The van der Waals surface area contributed by atoms with Gasteiger partial charge < -0.3 is 5.32 Å². The van der Waals surface area contributed by atoms with Crippen molar-refractivity contribution in [1.29, 1.82) is 0 Å². The number of benzene rings is 1. The van der Waals surface area contributed by atoms with Crippen molar-refractivity contribution in [2.75, 3.05) is 6.54 Å². The average Bonchev–Trinajstić information content (AvgIpc) is 2.18. The van der Waals surface area contributed by atoms with E-state index in [0.29, 0.717) is 12.0 Å². The van der Waals surface area contributed by atoms with E-state index in [1.807, 2.05) is 18.2 Å². The van der Waals surface area contributed by atoms with Gasteiger partial charge in [-0.3, -0.25) is 0 Å². The van der Waals surface area contributed by atoms with Crippen LogP contribution in [0, 0.1) is 0 Å². The Morgan fingerprint density at radius 2 is 2.00 bits per heavy atom. The van der Waals surface area contributed by atoms with Gasteiger partial charge in [-0.2, -0.15) is 0 Å². The Kier molecular flexibility index (Phi) is 3.45. The maximum Gasteiger partial charge on any atom is 0.0406 e. The summed E-state index contributed by atoms with van der Waals surface area (Å²) >= 11 is 5.85. The highest BCUT2D eigenvalue weighted by Gasteiger charge is 2.29. The maximum atomic E-state index is 5.85. The first-order valence-electron chi connectivity index (χ1n) is 5.39. The average molecular weight is 222 g/mol. The fraction of sp³-hybridized carbons (Fsp3) is 0.385. The van der Waals surface area contributed by atoms with E-state index in [1.54, 1.807) is 0 Å². The second-order valence-electron chi connectivity index (χ2n) is 4.11. The lowest BCUT2D eigenvalue weighted by atomic mass is 9.76. The molecule has 0 bridgehead atoms. The summed E-state index contributed by atoms with van der Waals surface area (Å²) in [5.41, 5.74) is 1.41. The normalized spacial score (nSPS) is 24.6. The lowest BCUT2D eigenvalue weighted by Gasteiger charge is -2.36. The largest absolute Gasteiger partial charge is 0.310 e. The van der Waals surface area contributed by atoms with Gasteiger partial charge in [-0.05, 0) is 36.5 Å². The summed E-state index contributed by atoms with van der Waals surface area (Å²) in [5.74, 6) is 0.713. The molecule has 0 aliphatic heterocycles. The Balaban J connectivity index is 1.83. The van der Waals surface area contributed by atoms with Crippen LogP contribution in [0.5, 0.6) is 0 Å². The Labute approximate surface area is 96.1 Å². The second kappa shape index (κ2) is 4.82. The van der Waals surface area contributed by atoms with Crippen LogP contribution in [0.25, 0.3) is 0 Å². The van der Waals surface area contributed by atoms with Crippen molar-refractivity contribution >= 4 is 11.6 Å². The fourth-order valence-electron chi connectivity index (χ4n) is 2.04. The Hall–Kier alpha value is -0.790. The molecule has 2 heteroatoms. The molecule has 1 aromatic rings. The van der Waals surface area contributed by atoms with Gasteiger partial charge in [0.15, 0.2) is 0 Å². The zero-order chi connectivity index (χ0) is 10.7. The molecular weight excluding hydrogens is 206 g/mol. The minimum absolute atomic E-state index is 0.670. The third-order valence-corrected chi connectivity index (χ3v) is 3.28. The number of hydrogen-bond acceptors (Lipinski definition) is 1. The summed E-state index contributed by atoms with van der Waals surface area (Å²) in [6.07, 6.45) is 4.38. The number of hydrogen-bond donors (Lipinski definition) is 1. The molecule has 80 valence electrons. The molecule has 1 aliphatic carbocycles. The van der Waals surface area contributed by atoms with Crippen molar-refractivity contribution in [3.63, 3.8) is 0 Å². The third kappa shape index (κ3) is 2.61. The van der Waals surface area contributed by atoms with Gasteiger partial charge in [0.25, 0.3) is 0 Å². The topological polar surface area (TPSA) is 12.0 Å². The van der Waals surface area contributed by atoms with Gasteiger partial charge in [0.05, 0.1) is 0 Å². The minimum atomic E-state index is 0.670. The van der Waals surface area contributed by atoms with Crippen molar-refractivity contribution < 1.29 is 0 Å². The van der Waals surface area contributed by atoms with Crippen LogP contribution < -0.4 is 5.32 Å². The van der Waals surface area contributed by atoms with Gasteiger partial charge in [-0.25, -0.2) is 0 Å². The van der Waals surface area contributed by atoms with Crippen LogP contribution in [0.3, 0.4) is 0 Å². The molecule has 1 aromatic carbocycles. The molecule has 1 saturated carbocycles. The molecule has 0 heterocycles. The zero-order valence-corrected chi connectivity index (χ0v) is 9.50. The fourth-order valence-corrected chi connectivity index (χ4v) is 2.17. The van der Waals surface area contributed by atoms with Gasteiger partial charge in [-0.1, -0.05) is 29.8 Å². The lowest BCUT2D eigenvalue weighted by molar-refractivity contribution is 0.300. The molecule has 2 rings (SSSR count). The molecule has 0 atom stereocenters. The predicted octanol–water partition coefficient (Wildman–Crippen LogP) is 3.36. The molecule has 15 heavy (non-hydrogen) atoms. The summed E-state index contributed by atoms with van der Waals surface area (Å²) < 4.78 is 0. The van der Waals surface area contributed by atoms with Gasteiger partial charge in [0.1, 0.15) is 0 Å². The lowest BCUT2D eigenvalue weighted by Crippen LogP contribution is -2.40. The van der Waals surface area contributed by atoms with Crippen LogP contribution in [0.2, 0.25) is 5.02 Å². The Bertz CT molecular complexity index is 325. The highest BCUT2D eigenvalue weighted by atomic mass is 35.5. The van der Waals surface area contributed by atoms with Gasteiger partial charge in [0, 0.05) is 17.6 Å². The summed E-state index contributed by atoms with van der Waals surface area (Å²) in [5, 5.41) is 4.25. The van der Waals surface area contributed by atoms with Crippen LogP contribution >= 0.6 is 11.6 Å². The van der Waals surface area contributed by atoms with E-state index < -0.39 is 0 Å². The Morgan fingerprint density at radius 3 is 2.60 bits per heavy atom. The van der Waals surface area contributed by atoms with E-state index in [-0.39, 0.29) is 0 Å². The summed E-state index contributed by atoms with van der Waals surface area (Å²) in [4.78, 5) is 0. The SMILES string of the molecule is C=CCNC1CC(c2ccc(Cl)cc2)C1. The summed E-state index contributed by atoms with van der Waals surface area (Å²) in [6, 6.07) is 8.89. The van der Waals surface area contributed by atoms with E-state index in [4.69, 9.17) is 11.6 Å². The van der Waals surface area contributed by atoms with E-state index in [2.05, 4.69) is 24.0 Å². The first kappa shape index (κ1) is 10.7. The van der Waals surface area contributed by atoms with Crippen molar-refractivity contribution in [2.24, 2.45) is 0 Å². The Morgan fingerprint density at radius 1 is 1.33 bits per heavy atom. The van der Waals surface area contributed by atoms with Crippen LogP contribution in [-0.2, 0) is 0 Å². The first-order valence-corrected chi connectivity index (χ1v) is 5.77. The van der Waals surface area contributed by atoms with Crippen LogP contribution in [0.1, 0.15) is 24.3 Å². The predicted molar refractivity (Wildman–Crippen MR) is 65.4 cm³/mol. The van der Waals surface area contributed by atoms with Gasteiger partial charge in [0.2, 0.25) is 0 Å². The molecule has 0 spiro atoms. The maximum absolute atomic E-state index is 5.85. The van der Waals surface area contributed by atoms with Crippen LogP contribution in [0.15, 0.2) is 36.9 Å². The molecule has 0 unspecified atom stereocenters. The molecule has 1 fully saturated rings. The molecule has 1 N–H and O–H groups in total. The summed E-state index contributed by atoms with van der Waals surface area (Å²) in [7, 11) is 0. The molecule has 1 nitrogen and oxygen atoms in total. The van der Waals surface area contributed by atoms with Gasteiger partial charge >= 0.3 is 0 Å².